The Labute approximate surface area is 156 Å². The van der Waals surface area contributed by atoms with Gasteiger partial charge in [-0.2, -0.15) is 0 Å². The fourth-order valence-electron chi connectivity index (χ4n) is 6.59. The Bertz CT molecular complexity index is 668. The highest BCUT2D eigenvalue weighted by Crippen LogP contribution is 2.64. The first-order valence-corrected chi connectivity index (χ1v) is 10.2. The zero-order valence-electron chi connectivity index (χ0n) is 16.1. The number of nitrogens with one attached hydrogen (secondary N) is 1. The van der Waals surface area contributed by atoms with Gasteiger partial charge in [0.1, 0.15) is 11.6 Å². The third-order valence-electron chi connectivity index (χ3n) is 8.19. The molecular formula is C22H31NO3. The Morgan fingerprint density at radius 3 is 2.81 bits per heavy atom. The van der Waals surface area contributed by atoms with E-state index in [1.54, 1.807) is 6.08 Å². The lowest BCUT2D eigenvalue weighted by molar-refractivity contribution is -0.136. The zero-order valence-corrected chi connectivity index (χ0v) is 16.1. The van der Waals surface area contributed by atoms with Crippen molar-refractivity contribution in [3.05, 3.63) is 24.4 Å². The lowest BCUT2D eigenvalue weighted by Crippen LogP contribution is -2.54. The summed E-state index contributed by atoms with van der Waals surface area (Å²) in [4.78, 5) is 30.4. The smallest absolute Gasteiger partial charge is 0.139 e. The summed E-state index contributed by atoms with van der Waals surface area (Å²) in [5, 5.41) is 0. The van der Waals surface area contributed by atoms with Gasteiger partial charge in [0.2, 0.25) is 0 Å². The summed E-state index contributed by atoms with van der Waals surface area (Å²) in [5.41, 5.74) is 4.28. The molecule has 1 unspecified atom stereocenters. The van der Waals surface area contributed by atoms with Crippen molar-refractivity contribution >= 4 is 11.6 Å². The van der Waals surface area contributed by atoms with Crippen LogP contribution in [0.15, 0.2) is 24.4 Å². The fraction of sp³-hybridized carbons (Fsp3) is 0.727. The minimum Gasteiger partial charge on any atom is -0.300 e. The molecule has 0 aromatic rings. The maximum absolute atomic E-state index is 12.6. The first kappa shape index (κ1) is 18.0. The summed E-state index contributed by atoms with van der Waals surface area (Å²) >= 11 is 0. The fourth-order valence-corrected chi connectivity index (χ4v) is 6.59. The van der Waals surface area contributed by atoms with Crippen LogP contribution in [0.1, 0.15) is 58.8 Å². The monoisotopic (exact) mass is 357 g/mol. The molecular weight excluding hydrogens is 326 g/mol. The van der Waals surface area contributed by atoms with E-state index in [-0.39, 0.29) is 16.7 Å². The van der Waals surface area contributed by atoms with Crippen molar-refractivity contribution in [3.8, 4) is 0 Å². The Morgan fingerprint density at radius 1 is 1.23 bits per heavy atom. The van der Waals surface area contributed by atoms with Gasteiger partial charge in [-0.15, -0.1) is 6.58 Å². The van der Waals surface area contributed by atoms with E-state index in [0.29, 0.717) is 55.2 Å². The normalized spacial score (nSPS) is 44.6. The van der Waals surface area contributed by atoms with Gasteiger partial charge in [0.05, 0.1) is 6.61 Å². The molecule has 0 saturated heterocycles. The molecule has 0 aliphatic heterocycles. The molecule has 4 rings (SSSR count). The quantitative estimate of drug-likeness (QED) is 0.470. The third-order valence-corrected chi connectivity index (χ3v) is 8.19. The topological polar surface area (TPSA) is 55.4 Å². The summed E-state index contributed by atoms with van der Waals surface area (Å²) in [7, 11) is 0. The van der Waals surface area contributed by atoms with Crippen molar-refractivity contribution in [2.24, 2.45) is 34.5 Å². The number of hydroxylamine groups is 1. The van der Waals surface area contributed by atoms with Gasteiger partial charge in [0.25, 0.3) is 0 Å². The second kappa shape index (κ2) is 6.33. The van der Waals surface area contributed by atoms with E-state index in [2.05, 4.69) is 32.0 Å². The molecule has 0 spiro atoms. The summed E-state index contributed by atoms with van der Waals surface area (Å²) in [6, 6.07) is 0. The minimum absolute atomic E-state index is 0.162. The van der Waals surface area contributed by atoms with Gasteiger partial charge in [-0.05, 0) is 48.9 Å². The predicted molar refractivity (Wildman–Crippen MR) is 99.9 cm³/mol. The number of carbonyl (C=O) groups excluding carboxylic acids is 2. The average molecular weight is 357 g/mol. The lowest BCUT2D eigenvalue weighted by atomic mass is 9.46. The summed E-state index contributed by atoms with van der Waals surface area (Å²) in [5.74, 6) is 2.34. The first-order valence-electron chi connectivity index (χ1n) is 10.2. The molecule has 0 heterocycles. The molecule has 142 valence electrons. The van der Waals surface area contributed by atoms with E-state index < -0.39 is 0 Å². The molecule has 0 aromatic carbocycles. The number of hydrogen-bond donors (Lipinski definition) is 1. The van der Waals surface area contributed by atoms with Gasteiger partial charge < -0.3 is 0 Å². The Morgan fingerprint density at radius 2 is 2.04 bits per heavy atom. The zero-order chi connectivity index (χ0) is 18.5. The number of carbonyl (C=O) groups is 2. The molecule has 1 N–H and O–H groups in total. The molecule has 3 saturated carbocycles. The van der Waals surface area contributed by atoms with Crippen LogP contribution in [-0.4, -0.2) is 18.2 Å². The van der Waals surface area contributed by atoms with E-state index in [9.17, 15) is 9.59 Å². The average Bonchev–Trinajstić information content (AvgIpc) is 2.91. The second-order valence-electron chi connectivity index (χ2n) is 9.34. The van der Waals surface area contributed by atoms with Crippen LogP contribution in [0.3, 0.4) is 0 Å². The minimum atomic E-state index is -0.186. The van der Waals surface area contributed by atoms with E-state index in [0.717, 1.165) is 31.4 Å². The van der Waals surface area contributed by atoms with Crippen molar-refractivity contribution in [1.82, 2.24) is 5.48 Å². The van der Waals surface area contributed by atoms with Gasteiger partial charge in [0.15, 0.2) is 0 Å². The molecule has 3 fully saturated rings. The predicted octanol–water partition coefficient (Wildman–Crippen LogP) is 3.98. The van der Waals surface area contributed by atoms with Crippen LogP contribution in [0, 0.1) is 34.5 Å². The van der Waals surface area contributed by atoms with Crippen LogP contribution >= 0.6 is 0 Å². The molecule has 0 bridgehead atoms. The number of fused-ring (bicyclic) bond motifs is 5. The van der Waals surface area contributed by atoms with Crippen molar-refractivity contribution in [2.45, 2.75) is 58.8 Å². The van der Waals surface area contributed by atoms with Gasteiger partial charge in [-0.3, -0.25) is 19.9 Å². The highest BCUT2D eigenvalue weighted by atomic mass is 16.6. The van der Waals surface area contributed by atoms with Crippen molar-refractivity contribution in [3.63, 3.8) is 0 Å². The number of hydrogen-bond acceptors (Lipinski definition) is 4. The molecule has 0 aromatic heterocycles. The molecule has 4 aliphatic rings. The maximum atomic E-state index is 12.6. The molecule has 0 radical (unpaired) electrons. The van der Waals surface area contributed by atoms with E-state index in [1.807, 2.05) is 0 Å². The number of Topliss-reactive ketones (excluding diaryl/α,β-unsaturated/α-hetero) is 2. The molecule has 0 amide bonds. The maximum Gasteiger partial charge on any atom is 0.139 e. The first-order chi connectivity index (χ1) is 12.4. The van der Waals surface area contributed by atoms with E-state index >= 15 is 0 Å². The highest BCUT2D eigenvalue weighted by molar-refractivity contribution is 5.87. The van der Waals surface area contributed by atoms with Crippen molar-refractivity contribution in [1.29, 1.82) is 0 Å². The molecule has 4 nitrogen and oxygen atoms in total. The van der Waals surface area contributed by atoms with Gasteiger partial charge >= 0.3 is 0 Å². The Kier molecular flexibility index (Phi) is 4.37. The molecule has 6 atom stereocenters. The van der Waals surface area contributed by atoms with Crippen LogP contribution in [0.5, 0.6) is 0 Å². The largest absolute Gasteiger partial charge is 0.300 e. The van der Waals surface area contributed by atoms with Gasteiger partial charge in [-0.25, -0.2) is 0 Å². The number of ketones is 2. The van der Waals surface area contributed by atoms with Gasteiger partial charge in [0, 0.05) is 36.3 Å². The Balaban J connectivity index is 1.73. The summed E-state index contributed by atoms with van der Waals surface area (Å²) in [6.07, 6.45) is 10.1. The van der Waals surface area contributed by atoms with E-state index in [1.165, 1.54) is 0 Å². The van der Waals surface area contributed by atoms with Crippen molar-refractivity contribution in [2.75, 3.05) is 6.61 Å². The van der Waals surface area contributed by atoms with Crippen LogP contribution in [0.2, 0.25) is 0 Å². The number of allylic oxidation sites excluding steroid dienone is 2. The standard InChI is InChI=1S/C22H31NO3/c1-4-11-26-23-18-13-14-12-15(24)7-9-21(14,2)17-8-10-22(3)16(20(17)18)5-6-19(22)25/h4,13-14,16-17,20,23H,1,5-12H2,2-3H3/t14?,16-,17-,20-,21-,22-/m0/s1. The molecule has 26 heavy (non-hydrogen) atoms. The van der Waals surface area contributed by atoms with E-state index in [4.69, 9.17) is 4.84 Å². The lowest BCUT2D eigenvalue weighted by Gasteiger charge is -2.58. The second-order valence-corrected chi connectivity index (χ2v) is 9.34. The van der Waals surface area contributed by atoms with Crippen LogP contribution in [-0.2, 0) is 14.4 Å². The van der Waals surface area contributed by atoms with Crippen molar-refractivity contribution < 1.29 is 14.4 Å². The van der Waals surface area contributed by atoms with Crippen LogP contribution in [0.25, 0.3) is 0 Å². The van der Waals surface area contributed by atoms with Crippen LogP contribution < -0.4 is 5.48 Å². The van der Waals surface area contributed by atoms with Crippen LogP contribution in [0.4, 0.5) is 0 Å². The SMILES string of the molecule is C=CCONC1=CC2CC(=O)CC[C@]2(C)[C@H]2CC[C@]3(C)C(=O)CC[C@H]3[C@H]12. The van der Waals surface area contributed by atoms with Gasteiger partial charge in [-0.1, -0.05) is 26.0 Å². The summed E-state index contributed by atoms with van der Waals surface area (Å²) in [6.45, 7) is 8.73. The molecule has 4 aliphatic carbocycles. The summed E-state index contributed by atoms with van der Waals surface area (Å²) < 4.78 is 0. The molecule has 4 heteroatoms. The third kappa shape index (κ3) is 2.52. The number of rotatable bonds is 4. The Hall–Kier alpha value is -1.42. The highest BCUT2D eigenvalue weighted by Gasteiger charge is 2.61.